The average molecular weight is 420 g/mol. The lowest BCUT2D eigenvalue weighted by Crippen LogP contribution is -2.45. The molecule has 2 amide bonds. The lowest BCUT2D eigenvalue weighted by Gasteiger charge is -2.32. The molecule has 0 spiro atoms. The van der Waals surface area contributed by atoms with Gasteiger partial charge < -0.3 is 4.74 Å². The number of hydrogen-bond acceptors (Lipinski definition) is 5. The highest BCUT2D eigenvalue weighted by atomic mass is 16.5. The molecule has 1 atom stereocenters. The Hall–Kier alpha value is -2.83. The fourth-order valence-electron chi connectivity index (χ4n) is 4.27. The van der Waals surface area contributed by atoms with E-state index in [0.717, 1.165) is 56.0 Å². The Labute approximate surface area is 183 Å². The molecule has 0 radical (unpaired) electrons. The van der Waals surface area contributed by atoms with Crippen LogP contribution < -0.4 is 4.90 Å². The number of aliphatic imine (C=N–C) groups is 1. The number of carbonyl (C=O) groups excluding carboxylic acids is 2. The van der Waals surface area contributed by atoms with Gasteiger partial charge in [0, 0.05) is 38.0 Å². The normalized spacial score (nSPS) is 19.8. The lowest BCUT2D eigenvalue weighted by atomic mass is 9.88. The minimum atomic E-state index is -0.557. The highest BCUT2D eigenvalue weighted by Crippen LogP contribution is 2.33. The summed E-state index contributed by atoms with van der Waals surface area (Å²) in [7, 11) is 0. The monoisotopic (exact) mass is 419 g/mol. The Bertz CT molecular complexity index is 995. The molecule has 0 N–H and O–H groups in total. The van der Waals surface area contributed by atoms with E-state index in [0.29, 0.717) is 17.8 Å². The highest BCUT2D eigenvalue weighted by molar-refractivity contribution is 6.29. The van der Waals surface area contributed by atoms with E-state index in [4.69, 9.17) is 4.74 Å². The van der Waals surface area contributed by atoms with Crippen LogP contribution in [0.15, 0.2) is 47.5 Å². The number of amides is 2. The molecule has 0 aromatic heterocycles. The predicted molar refractivity (Wildman–Crippen MR) is 122 cm³/mol. The van der Waals surface area contributed by atoms with Crippen LogP contribution in [-0.2, 0) is 9.53 Å². The van der Waals surface area contributed by atoms with Crippen molar-refractivity contribution in [2.45, 2.75) is 26.2 Å². The molecule has 1 fully saturated rings. The summed E-state index contributed by atoms with van der Waals surface area (Å²) < 4.78 is 5.38. The molecule has 4 rings (SSSR count). The molecule has 2 aliphatic rings. The van der Waals surface area contributed by atoms with Gasteiger partial charge in [0.1, 0.15) is 0 Å². The second kappa shape index (κ2) is 9.54. The number of carbonyl (C=O) groups is 2. The molecular weight excluding hydrogens is 390 g/mol. The first-order valence-corrected chi connectivity index (χ1v) is 10.9. The molecule has 2 aromatic rings. The number of anilines is 1. The van der Waals surface area contributed by atoms with Crippen LogP contribution >= 0.6 is 0 Å². The lowest BCUT2D eigenvalue weighted by molar-refractivity contribution is -0.118. The predicted octanol–water partition coefficient (Wildman–Crippen LogP) is 3.37. The zero-order chi connectivity index (χ0) is 21.8. The van der Waals surface area contributed by atoms with Crippen molar-refractivity contribution in [2.75, 3.05) is 44.3 Å². The molecule has 0 bridgehead atoms. The third-order valence-corrected chi connectivity index (χ3v) is 5.93. The first-order chi connectivity index (χ1) is 15.1. The third-order valence-electron chi connectivity index (χ3n) is 5.93. The largest absolute Gasteiger partial charge is 0.379 e. The molecule has 2 aromatic carbocycles. The van der Waals surface area contributed by atoms with Gasteiger partial charge in [0.15, 0.2) is 0 Å². The van der Waals surface area contributed by atoms with Crippen molar-refractivity contribution in [3.05, 3.63) is 64.7 Å². The van der Waals surface area contributed by atoms with Crippen molar-refractivity contribution >= 4 is 23.7 Å². The number of aryl methyl sites for hydroxylation is 2. The van der Waals surface area contributed by atoms with Crippen molar-refractivity contribution in [3.63, 3.8) is 0 Å². The van der Waals surface area contributed by atoms with Crippen LogP contribution in [0.2, 0.25) is 0 Å². The Morgan fingerprint density at radius 1 is 1.10 bits per heavy atom. The summed E-state index contributed by atoms with van der Waals surface area (Å²) in [5.74, 6) is -1.07. The van der Waals surface area contributed by atoms with E-state index in [2.05, 4.69) is 9.89 Å². The van der Waals surface area contributed by atoms with E-state index in [-0.39, 0.29) is 11.8 Å². The number of fused-ring (bicyclic) bond motifs is 1. The zero-order valence-electron chi connectivity index (χ0n) is 18.2. The Morgan fingerprint density at radius 3 is 2.65 bits per heavy atom. The maximum Gasteiger partial charge on any atom is 0.265 e. The van der Waals surface area contributed by atoms with Crippen LogP contribution in [0.5, 0.6) is 0 Å². The molecule has 0 saturated carbocycles. The number of ether oxygens (including phenoxy) is 1. The summed E-state index contributed by atoms with van der Waals surface area (Å²) in [6.07, 6.45) is 2.65. The summed E-state index contributed by atoms with van der Waals surface area (Å²) in [4.78, 5) is 34.9. The fraction of sp³-hybridized carbons (Fsp3) is 0.400. The molecule has 2 heterocycles. The van der Waals surface area contributed by atoms with Crippen LogP contribution in [0.1, 0.15) is 39.4 Å². The van der Waals surface area contributed by atoms with Gasteiger partial charge >= 0.3 is 0 Å². The quantitative estimate of drug-likeness (QED) is 0.409. The number of benzene rings is 2. The van der Waals surface area contributed by atoms with Gasteiger partial charge in [-0.05, 0) is 43.5 Å². The van der Waals surface area contributed by atoms with Crippen LogP contribution in [0.25, 0.3) is 0 Å². The van der Waals surface area contributed by atoms with Crippen LogP contribution in [0, 0.1) is 13.8 Å². The molecule has 6 nitrogen and oxygen atoms in total. The van der Waals surface area contributed by atoms with E-state index in [9.17, 15) is 9.59 Å². The summed E-state index contributed by atoms with van der Waals surface area (Å²) in [5.41, 5.74) is 3.93. The molecule has 0 unspecified atom stereocenters. The van der Waals surface area contributed by atoms with Crippen molar-refractivity contribution in [1.29, 1.82) is 0 Å². The second-order valence-electron chi connectivity index (χ2n) is 8.20. The topological polar surface area (TPSA) is 62.2 Å². The van der Waals surface area contributed by atoms with E-state index in [1.165, 1.54) is 4.90 Å². The van der Waals surface area contributed by atoms with E-state index in [1.807, 2.05) is 50.2 Å². The molecule has 1 saturated heterocycles. The van der Waals surface area contributed by atoms with Gasteiger partial charge in [0.25, 0.3) is 5.91 Å². The smallest absolute Gasteiger partial charge is 0.265 e. The summed E-state index contributed by atoms with van der Waals surface area (Å²) in [6, 6.07) is 13.1. The van der Waals surface area contributed by atoms with E-state index >= 15 is 0 Å². The van der Waals surface area contributed by atoms with Gasteiger partial charge in [-0.25, -0.2) is 4.90 Å². The summed E-state index contributed by atoms with van der Waals surface area (Å²) >= 11 is 0. The number of morpholine rings is 1. The zero-order valence-corrected chi connectivity index (χ0v) is 18.2. The Morgan fingerprint density at radius 2 is 1.87 bits per heavy atom. The van der Waals surface area contributed by atoms with Crippen molar-refractivity contribution in [1.82, 2.24) is 4.90 Å². The van der Waals surface area contributed by atoms with Gasteiger partial charge in [-0.3, -0.25) is 19.5 Å². The number of imide groups is 1. The molecule has 31 heavy (non-hydrogen) atoms. The van der Waals surface area contributed by atoms with Gasteiger partial charge in [0.2, 0.25) is 5.91 Å². The Kier molecular flexibility index (Phi) is 6.59. The van der Waals surface area contributed by atoms with Gasteiger partial charge in [-0.1, -0.05) is 35.9 Å². The second-order valence-corrected chi connectivity index (χ2v) is 8.20. The summed E-state index contributed by atoms with van der Waals surface area (Å²) in [5, 5.41) is 0. The number of hydrogen-bond donors (Lipinski definition) is 0. The van der Waals surface area contributed by atoms with Gasteiger partial charge in [0.05, 0.1) is 24.8 Å². The number of rotatable bonds is 6. The Balaban J connectivity index is 1.54. The van der Waals surface area contributed by atoms with Crippen LogP contribution in [0.3, 0.4) is 0 Å². The van der Waals surface area contributed by atoms with E-state index < -0.39 is 5.92 Å². The molecule has 2 aliphatic heterocycles. The maximum absolute atomic E-state index is 13.4. The molecular formula is C25H29N3O3. The highest BCUT2D eigenvalue weighted by Gasteiger charge is 2.39. The number of nitrogens with zero attached hydrogens (tertiary/aromatic N) is 3. The fourth-order valence-corrected chi connectivity index (χ4v) is 4.27. The molecule has 0 aliphatic carbocycles. The molecule has 162 valence electrons. The van der Waals surface area contributed by atoms with Crippen LogP contribution in [-0.4, -0.2) is 62.3 Å². The van der Waals surface area contributed by atoms with Crippen molar-refractivity contribution in [2.24, 2.45) is 4.99 Å². The maximum atomic E-state index is 13.4. The van der Waals surface area contributed by atoms with Gasteiger partial charge in [-0.15, -0.1) is 0 Å². The first-order valence-electron chi connectivity index (χ1n) is 10.9. The van der Waals surface area contributed by atoms with Gasteiger partial charge in [-0.2, -0.15) is 0 Å². The molecule has 6 heteroatoms. The van der Waals surface area contributed by atoms with Crippen molar-refractivity contribution in [3.8, 4) is 0 Å². The van der Waals surface area contributed by atoms with Crippen LogP contribution in [0.4, 0.5) is 5.69 Å². The van der Waals surface area contributed by atoms with Crippen molar-refractivity contribution < 1.29 is 14.3 Å². The third kappa shape index (κ3) is 4.60. The standard InChI is InChI=1S/C25H29N3O3/c1-18-8-9-23(19(2)16-18)28-24(29)21-7-4-3-6-20(21)22(25(28)30)17-26-10-5-11-27-12-14-31-15-13-27/h3-4,6-9,16-17,22H,5,10-15H2,1-2H3/t22-/m1/s1. The minimum Gasteiger partial charge on any atom is -0.379 e. The first kappa shape index (κ1) is 21.4. The minimum absolute atomic E-state index is 0.243. The van der Waals surface area contributed by atoms with E-state index in [1.54, 1.807) is 12.3 Å². The average Bonchev–Trinajstić information content (AvgIpc) is 2.78. The SMILES string of the molecule is Cc1ccc(N2C(=O)c3ccccc3[C@@H](C=NCCCN3CCOCC3)C2=O)c(C)c1. The summed E-state index contributed by atoms with van der Waals surface area (Å²) in [6.45, 7) is 9.06.